The molecule has 7 heteroatoms. The molecule has 6 nitrogen and oxygen atoms in total. The van der Waals surface area contributed by atoms with Crippen molar-refractivity contribution >= 4 is 29.1 Å². The second kappa shape index (κ2) is 6.60. The SMILES string of the molecule is CCCNc1ccc([N+](=O)[O-])c(NC2CCSC2)n1. The summed E-state index contributed by atoms with van der Waals surface area (Å²) in [4.78, 5) is 15.0. The summed E-state index contributed by atoms with van der Waals surface area (Å²) in [7, 11) is 0. The van der Waals surface area contributed by atoms with Gasteiger partial charge in [-0.05, 0) is 24.7 Å². The first-order valence-corrected chi connectivity index (χ1v) is 7.59. The molecule has 2 N–H and O–H groups in total. The molecule has 1 saturated heterocycles. The monoisotopic (exact) mass is 282 g/mol. The average Bonchev–Trinajstić information content (AvgIpc) is 2.89. The minimum absolute atomic E-state index is 0.0407. The van der Waals surface area contributed by atoms with E-state index in [0.29, 0.717) is 11.6 Å². The van der Waals surface area contributed by atoms with Gasteiger partial charge >= 0.3 is 5.69 Å². The van der Waals surface area contributed by atoms with Gasteiger partial charge in [0.2, 0.25) is 5.82 Å². The van der Waals surface area contributed by atoms with E-state index in [1.807, 2.05) is 11.8 Å². The van der Waals surface area contributed by atoms with Crippen LogP contribution in [0.1, 0.15) is 19.8 Å². The predicted molar refractivity (Wildman–Crippen MR) is 79.0 cm³/mol. The van der Waals surface area contributed by atoms with Crippen molar-refractivity contribution in [2.75, 3.05) is 28.7 Å². The van der Waals surface area contributed by atoms with Gasteiger partial charge in [0.05, 0.1) is 4.92 Å². The van der Waals surface area contributed by atoms with Gasteiger partial charge in [0.25, 0.3) is 0 Å². The molecule has 0 bridgehead atoms. The van der Waals surface area contributed by atoms with Crippen molar-refractivity contribution in [1.82, 2.24) is 4.98 Å². The van der Waals surface area contributed by atoms with E-state index in [1.54, 1.807) is 6.07 Å². The maximum absolute atomic E-state index is 11.0. The topological polar surface area (TPSA) is 80.1 Å². The quantitative estimate of drug-likeness (QED) is 0.617. The molecule has 19 heavy (non-hydrogen) atoms. The Morgan fingerprint density at radius 1 is 1.58 bits per heavy atom. The molecule has 0 spiro atoms. The van der Waals surface area contributed by atoms with Crippen LogP contribution in [0, 0.1) is 10.1 Å². The summed E-state index contributed by atoms with van der Waals surface area (Å²) in [6.07, 6.45) is 2.01. The second-order valence-corrected chi connectivity index (χ2v) is 5.60. The third-order valence-electron chi connectivity index (χ3n) is 2.90. The molecular formula is C12H18N4O2S. The zero-order valence-electron chi connectivity index (χ0n) is 10.9. The molecular weight excluding hydrogens is 264 g/mol. The van der Waals surface area contributed by atoms with Gasteiger partial charge in [0.15, 0.2) is 0 Å². The highest BCUT2D eigenvalue weighted by molar-refractivity contribution is 7.99. The fraction of sp³-hybridized carbons (Fsp3) is 0.583. The molecule has 1 aliphatic heterocycles. The van der Waals surface area contributed by atoms with Crippen LogP contribution >= 0.6 is 11.8 Å². The molecule has 0 amide bonds. The lowest BCUT2D eigenvalue weighted by molar-refractivity contribution is -0.384. The van der Waals surface area contributed by atoms with Crippen LogP contribution in [0.15, 0.2) is 12.1 Å². The van der Waals surface area contributed by atoms with Crippen molar-refractivity contribution < 1.29 is 4.92 Å². The van der Waals surface area contributed by atoms with Gasteiger partial charge in [-0.25, -0.2) is 4.98 Å². The van der Waals surface area contributed by atoms with Crippen molar-refractivity contribution in [2.45, 2.75) is 25.8 Å². The largest absolute Gasteiger partial charge is 0.370 e. The highest BCUT2D eigenvalue weighted by atomic mass is 32.2. The van der Waals surface area contributed by atoms with Crippen LogP contribution in [-0.4, -0.2) is 34.0 Å². The number of aromatic nitrogens is 1. The number of anilines is 2. The van der Waals surface area contributed by atoms with Gasteiger partial charge in [0, 0.05) is 24.4 Å². The summed E-state index contributed by atoms with van der Waals surface area (Å²) >= 11 is 1.86. The van der Waals surface area contributed by atoms with Crippen LogP contribution in [-0.2, 0) is 0 Å². The van der Waals surface area contributed by atoms with E-state index in [2.05, 4.69) is 22.5 Å². The summed E-state index contributed by atoms with van der Waals surface area (Å²) < 4.78 is 0. The Balaban J connectivity index is 2.17. The molecule has 0 radical (unpaired) electrons. The highest BCUT2D eigenvalue weighted by Crippen LogP contribution is 2.27. The fourth-order valence-electron chi connectivity index (χ4n) is 1.90. The molecule has 1 fully saturated rings. The summed E-state index contributed by atoms with van der Waals surface area (Å²) in [5.41, 5.74) is 0.0407. The lowest BCUT2D eigenvalue weighted by Crippen LogP contribution is -2.20. The first kappa shape index (κ1) is 13.9. The minimum atomic E-state index is -0.388. The molecule has 1 aromatic rings. The van der Waals surface area contributed by atoms with Crippen LogP contribution in [0.3, 0.4) is 0 Å². The average molecular weight is 282 g/mol. The first-order valence-electron chi connectivity index (χ1n) is 6.44. The van der Waals surface area contributed by atoms with Crippen molar-refractivity contribution in [3.8, 4) is 0 Å². The van der Waals surface area contributed by atoms with Crippen LogP contribution in [0.4, 0.5) is 17.3 Å². The number of rotatable bonds is 6. The van der Waals surface area contributed by atoms with Crippen molar-refractivity contribution in [3.05, 3.63) is 22.2 Å². The maximum atomic E-state index is 11.0. The van der Waals surface area contributed by atoms with Gasteiger partial charge in [-0.3, -0.25) is 10.1 Å². The molecule has 0 saturated carbocycles. The summed E-state index contributed by atoms with van der Waals surface area (Å²) in [5.74, 6) is 3.13. The Hall–Kier alpha value is -1.50. The van der Waals surface area contributed by atoms with E-state index >= 15 is 0 Å². The zero-order chi connectivity index (χ0) is 13.7. The van der Waals surface area contributed by atoms with Gasteiger partial charge in [0.1, 0.15) is 5.82 Å². The Labute approximate surface area is 116 Å². The smallest absolute Gasteiger partial charge is 0.311 e. The maximum Gasteiger partial charge on any atom is 0.311 e. The van der Waals surface area contributed by atoms with Crippen molar-refractivity contribution in [1.29, 1.82) is 0 Å². The third-order valence-corrected chi connectivity index (χ3v) is 4.06. The lowest BCUT2D eigenvalue weighted by atomic mass is 10.2. The van der Waals surface area contributed by atoms with Crippen molar-refractivity contribution in [2.24, 2.45) is 0 Å². The second-order valence-electron chi connectivity index (χ2n) is 4.45. The number of nitrogens with one attached hydrogen (secondary N) is 2. The van der Waals surface area contributed by atoms with Crippen molar-refractivity contribution in [3.63, 3.8) is 0 Å². The zero-order valence-corrected chi connectivity index (χ0v) is 11.7. The minimum Gasteiger partial charge on any atom is -0.370 e. The number of thioether (sulfide) groups is 1. The van der Waals surface area contributed by atoms with Gasteiger partial charge in [-0.1, -0.05) is 6.92 Å². The molecule has 1 atom stereocenters. The normalized spacial score (nSPS) is 18.3. The lowest BCUT2D eigenvalue weighted by Gasteiger charge is -2.13. The van der Waals surface area contributed by atoms with E-state index < -0.39 is 0 Å². The highest BCUT2D eigenvalue weighted by Gasteiger charge is 2.21. The Morgan fingerprint density at radius 2 is 2.42 bits per heavy atom. The van der Waals surface area contributed by atoms with Gasteiger partial charge < -0.3 is 10.6 Å². The summed E-state index contributed by atoms with van der Waals surface area (Å²) in [6.45, 7) is 2.87. The first-order chi connectivity index (χ1) is 9.20. The van der Waals surface area contributed by atoms with Gasteiger partial charge in [-0.2, -0.15) is 11.8 Å². The fourth-order valence-corrected chi connectivity index (χ4v) is 3.05. The molecule has 0 aliphatic carbocycles. The molecule has 2 rings (SSSR count). The van der Waals surface area contributed by atoms with E-state index in [1.165, 1.54) is 6.07 Å². The van der Waals surface area contributed by atoms with E-state index in [-0.39, 0.29) is 16.7 Å². The number of nitro groups is 1. The van der Waals surface area contributed by atoms with E-state index in [4.69, 9.17) is 0 Å². The van der Waals surface area contributed by atoms with E-state index in [9.17, 15) is 10.1 Å². The number of hydrogen-bond acceptors (Lipinski definition) is 6. The molecule has 2 heterocycles. The Morgan fingerprint density at radius 3 is 3.05 bits per heavy atom. The Kier molecular flexibility index (Phi) is 4.84. The summed E-state index contributed by atoms with van der Waals surface area (Å²) in [5, 5.41) is 17.4. The van der Waals surface area contributed by atoms with Crippen LogP contribution < -0.4 is 10.6 Å². The Bertz CT molecular complexity index is 449. The number of pyridine rings is 1. The standard InChI is InChI=1S/C12H18N4O2S/c1-2-6-13-11-4-3-10(16(17)18)12(15-11)14-9-5-7-19-8-9/h3-4,9H,2,5-8H2,1H3,(H2,13,14,15). The molecule has 0 aromatic carbocycles. The van der Waals surface area contributed by atoms with Crippen LogP contribution in [0.5, 0.6) is 0 Å². The van der Waals surface area contributed by atoms with Gasteiger partial charge in [-0.15, -0.1) is 0 Å². The van der Waals surface area contributed by atoms with E-state index in [0.717, 1.165) is 30.9 Å². The third kappa shape index (κ3) is 3.73. The summed E-state index contributed by atoms with van der Waals surface area (Å²) in [6, 6.07) is 3.44. The molecule has 104 valence electrons. The molecule has 1 aliphatic rings. The molecule has 1 aromatic heterocycles. The van der Waals surface area contributed by atoms with Crippen LogP contribution in [0.25, 0.3) is 0 Å². The molecule has 1 unspecified atom stereocenters. The number of hydrogen-bond donors (Lipinski definition) is 2. The van der Waals surface area contributed by atoms with Crippen LogP contribution in [0.2, 0.25) is 0 Å². The number of nitrogens with zero attached hydrogens (tertiary/aromatic N) is 2. The predicted octanol–water partition coefficient (Wildman–Crippen LogP) is 2.73.